The summed E-state index contributed by atoms with van der Waals surface area (Å²) < 4.78 is 25.7. The highest BCUT2D eigenvalue weighted by molar-refractivity contribution is 7.89. The van der Waals surface area contributed by atoms with Crippen LogP contribution in [0.5, 0.6) is 0 Å². The molecule has 0 aromatic heterocycles. The van der Waals surface area contributed by atoms with Crippen LogP contribution >= 0.6 is 0 Å². The second-order valence-electron chi connectivity index (χ2n) is 4.52. The van der Waals surface area contributed by atoms with Gasteiger partial charge in [-0.2, -0.15) is 4.31 Å². The molecule has 0 aliphatic carbocycles. The fraction of sp³-hybridized carbons (Fsp3) is 0.333. The molecule has 0 saturated carbocycles. The van der Waals surface area contributed by atoms with Crippen molar-refractivity contribution in [2.75, 3.05) is 13.1 Å². The Morgan fingerprint density at radius 1 is 1.25 bits per heavy atom. The Labute approximate surface area is 115 Å². The van der Waals surface area contributed by atoms with Crippen molar-refractivity contribution in [3.05, 3.63) is 29.8 Å². The summed E-state index contributed by atoms with van der Waals surface area (Å²) in [6.07, 6.45) is 0.257. The highest BCUT2D eigenvalue weighted by Gasteiger charge is 2.35. The van der Waals surface area contributed by atoms with Crippen LogP contribution in [-0.2, 0) is 14.8 Å². The summed E-state index contributed by atoms with van der Waals surface area (Å²) in [6, 6.07) is 5.02. The lowest BCUT2D eigenvalue weighted by Gasteiger charge is -2.16. The molecule has 0 bridgehead atoms. The van der Waals surface area contributed by atoms with E-state index in [0.717, 1.165) is 10.4 Å². The molecule has 2 rings (SSSR count). The molecule has 7 nitrogen and oxygen atoms in total. The van der Waals surface area contributed by atoms with Crippen molar-refractivity contribution in [3.8, 4) is 0 Å². The van der Waals surface area contributed by atoms with E-state index in [1.54, 1.807) is 0 Å². The first-order valence-corrected chi connectivity index (χ1v) is 7.32. The molecule has 0 radical (unpaired) electrons. The third kappa shape index (κ3) is 2.66. The van der Waals surface area contributed by atoms with Crippen LogP contribution in [0.2, 0.25) is 0 Å². The summed E-state index contributed by atoms with van der Waals surface area (Å²) in [6.45, 7) is 0.0333. The molecule has 1 aromatic carbocycles. The lowest BCUT2D eigenvalue weighted by Crippen LogP contribution is -2.30. The van der Waals surface area contributed by atoms with Gasteiger partial charge in [0.15, 0.2) is 0 Å². The summed E-state index contributed by atoms with van der Waals surface area (Å²) in [5.41, 5.74) is -0.125. The van der Waals surface area contributed by atoms with Crippen molar-refractivity contribution in [2.24, 2.45) is 5.92 Å². The van der Waals surface area contributed by atoms with Gasteiger partial charge in [-0.25, -0.2) is 13.2 Å². The van der Waals surface area contributed by atoms with Crippen molar-refractivity contribution in [3.63, 3.8) is 0 Å². The van der Waals surface area contributed by atoms with E-state index in [9.17, 15) is 18.0 Å². The van der Waals surface area contributed by atoms with Crippen LogP contribution in [0, 0.1) is 5.92 Å². The molecule has 0 spiro atoms. The molecule has 1 atom stereocenters. The lowest BCUT2D eigenvalue weighted by molar-refractivity contribution is -0.141. The number of rotatable bonds is 4. The molecule has 108 valence electrons. The van der Waals surface area contributed by atoms with Crippen LogP contribution in [0.3, 0.4) is 0 Å². The first kappa shape index (κ1) is 14.5. The molecule has 1 aliphatic heterocycles. The zero-order valence-corrected chi connectivity index (χ0v) is 11.2. The zero-order valence-electron chi connectivity index (χ0n) is 10.4. The van der Waals surface area contributed by atoms with Gasteiger partial charge in [0.25, 0.3) is 0 Å². The minimum Gasteiger partial charge on any atom is -0.481 e. The Morgan fingerprint density at radius 2 is 1.95 bits per heavy atom. The number of aliphatic carboxylic acids is 1. The van der Waals surface area contributed by atoms with Crippen LogP contribution in [0.1, 0.15) is 16.8 Å². The third-order valence-corrected chi connectivity index (χ3v) is 5.08. The predicted octanol–water partition coefficient (Wildman–Crippen LogP) is 0.480. The lowest BCUT2D eigenvalue weighted by atomic mass is 10.1. The molecule has 20 heavy (non-hydrogen) atoms. The van der Waals surface area contributed by atoms with Crippen molar-refractivity contribution >= 4 is 22.0 Å². The van der Waals surface area contributed by atoms with Gasteiger partial charge in [0, 0.05) is 13.1 Å². The van der Waals surface area contributed by atoms with E-state index in [1.807, 2.05) is 0 Å². The highest BCUT2D eigenvalue weighted by Crippen LogP contribution is 2.25. The van der Waals surface area contributed by atoms with E-state index >= 15 is 0 Å². The fourth-order valence-electron chi connectivity index (χ4n) is 2.09. The Hall–Kier alpha value is -1.93. The first-order valence-electron chi connectivity index (χ1n) is 5.88. The minimum atomic E-state index is -3.85. The number of carbonyl (C=O) groups is 2. The Kier molecular flexibility index (Phi) is 3.78. The average molecular weight is 299 g/mol. The molecular formula is C12H13NO6S. The van der Waals surface area contributed by atoms with E-state index in [2.05, 4.69) is 0 Å². The van der Waals surface area contributed by atoms with Crippen LogP contribution in [0.4, 0.5) is 0 Å². The van der Waals surface area contributed by atoms with Crippen molar-refractivity contribution in [1.29, 1.82) is 0 Å². The van der Waals surface area contributed by atoms with Gasteiger partial charge in [-0.15, -0.1) is 0 Å². The molecule has 1 fully saturated rings. The van der Waals surface area contributed by atoms with Gasteiger partial charge in [-0.05, 0) is 24.6 Å². The van der Waals surface area contributed by atoms with Crippen LogP contribution < -0.4 is 0 Å². The zero-order chi connectivity index (χ0) is 14.9. The van der Waals surface area contributed by atoms with Gasteiger partial charge in [-0.3, -0.25) is 4.79 Å². The van der Waals surface area contributed by atoms with Crippen molar-refractivity contribution < 1.29 is 28.2 Å². The molecule has 0 amide bonds. The van der Waals surface area contributed by atoms with Gasteiger partial charge < -0.3 is 10.2 Å². The third-order valence-electron chi connectivity index (χ3n) is 3.22. The molecule has 1 aliphatic rings. The molecule has 2 N–H and O–H groups in total. The van der Waals surface area contributed by atoms with Crippen LogP contribution in [0.15, 0.2) is 29.2 Å². The Morgan fingerprint density at radius 3 is 2.50 bits per heavy atom. The number of sulfonamides is 1. The monoisotopic (exact) mass is 299 g/mol. The quantitative estimate of drug-likeness (QED) is 0.836. The standard InChI is InChI=1S/C12H13NO6S/c14-11(15)8-2-1-3-10(6-8)20(18,19)13-5-4-9(7-13)12(16)17/h1-3,6,9H,4-5,7H2,(H,14,15)(H,16,17). The minimum absolute atomic E-state index is 0.0883. The highest BCUT2D eigenvalue weighted by atomic mass is 32.2. The van der Waals surface area contributed by atoms with Gasteiger partial charge in [0.2, 0.25) is 10.0 Å². The number of aromatic carboxylic acids is 1. The average Bonchev–Trinajstić information content (AvgIpc) is 2.89. The molecule has 1 saturated heterocycles. The predicted molar refractivity (Wildman–Crippen MR) is 67.9 cm³/mol. The smallest absolute Gasteiger partial charge is 0.335 e. The SMILES string of the molecule is O=C(O)c1cccc(S(=O)(=O)N2CCC(C(=O)O)C2)c1. The van der Waals surface area contributed by atoms with Gasteiger partial charge in [0.1, 0.15) is 0 Å². The largest absolute Gasteiger partial charge is 0.481 e. The summed E-state index contributed by atoms with van der Waals surface area (Å²) in [5.74, 6) is -2.96. The van der Waals surface area contributed by atoms with Crippen LogP contribution in [-0.4, -0.2) is 48.0 Å². The Bertz CT molecular complexity index is 654. The molecule has 1 aromatic rings. The van der Waals surface area contributed by atoms with Gasteiger partial charge in [-0.1, -0.05) is 6.07 Å². The number of benzene rings is 1. The Balaban J connectivity index is 2.30. The van der Waals surface area contributed by atoms with Crippen molar-refractivity contribution in [2.45, 2.75) is 11.3 Å². The number of hydrogen-bond donors (Lipinski definition) is 2. The molecule has 1 unspecified atom stereocenters. The topological polar surface area (TPSA) is 112 Å². The fourth-order valence-corrected chi connectivity index (χ4v) is 3.63. The second-order valence-corrected chi connectivity index (χ2v) is 6.46. The maximum atomic E-state index is 12.3. The maximum Gasteiger partial charge on any atom is 0.335 e. The first-order chi connectivity index (χ1) is 9.32. The number of hydrogen-bond acceptors (Lipinski definition) is 4. The van der Waals surface area contributed by atoms with Crippen molar-refractivity contribution in [1.82, 2.24) is 4.31 Å². The van der Waals surface area contributed by atoms with Crippen LogP contribution in [0.25, 0.3) is 0 Å². The van der Waals surface area contributed by atoms with E-state index in [4.69, 9.17) is 10.2 Å². The molecule has 1 heterocycles. The molecular weight excluding hydrogens is 286 g/mol. The maximum absolute atomic E-state index is 12.3. The summed E-state index contributed by atoms with van der Waals surface area (Å²) in [5, 5.41) is 17.8. The number of nitrogens with zero attached hydrogens (tertiary/aromatic N) is 1. The van der Waals surface area contributed by atoms with E-state index in [-0.39, 0.29) is 30.0 Å². The normalized spacial score (nSPS) is 19.9. The van der Waals surface area contributed by atoms with E-state index in [1.165, 1.54) is 18.2 Å². The van der Waals surface area contributed by atoms with E-state index in [0.29, 0.717) is 0 Å². The van der Waals surface area contributed by atoms with Gasteiger partial charge in [0.05, 0.1) is 16.4 Å². The number of carboxylic acids is 2. The van der Waals surface area contributed by atoms with E-state index < -0.39 is 27.9 Å². The number of carboxylic acid groups (broad SMARTS) is 2. The summed E-state index contributed by atoms with van der Waals surface area (Å²) >= 11 is 0. The molecule has 8 heteroatoms. The second kappa shape index (κ2) is 5.22. The summed E-state index contributed by atoms with van der Waals surface area (Å²) in [7, 11) is -3.85. The van der Waals surface area contributed by atoms with Gasteiger partial charge >= 0.3 is 11.9 Å². The summed E-state index contributed by atoms with van der Waals surface area (Å²) in [4.78, 5) is 21.6.